The van der Waals surface area contributed by atoms with E-state index < -0.39 is 9.84 Å². The average Bonchev–Trinajstić information content (AvgIpc) is 3.09. The van der Waals surface area contributed by atoms with Crippen molar-refractivity contribution in [3.05, 3.63) is 77.5 Å². The molecular weight excluding hydrogens is 370 g/mol. The molecule has 5 nitrogen and oxygen atoms in total. The molecule has 0 amide bonds. The third kappa shape index (κ3) is 5.53. The van der Waals surface area contributed by atoms with Gasteiger partial charge in [0.1, 0.15) is 0 Å². The zero-order chi connectivity index (χ0) is 20.0. The molecule has 2 aromatic carbocycles. The van der Waals surface area contributed by atoms with Crippen LogP contribution in [0.5, 0.6) is 0 Å². The summed E-state index contributed by atoms with van der Waals surface area (Å²) in [7, 11) is -2.96. The van der Waals surface area contributed by atoms with Crippen LogP contribution in [-0.4, -0.2) is 36.2 Å². The Kier molecular flexibility index (Phi) is 6.65. The van der Waals surface area contributed by atoms with E-state index >= 15 is 0 Å². The van der Waals surface area contributed by atoms with Crippen LogP contribution in [-0.2, 0) is 22.9 Å². The zero-order valence-electron chi connectivity index (χ0n) is 16.4. The summed E-state index contributed by atoms with van der Waals surface area (Å²) in [5, 5.41) is 8.07. The minimum absolute atomic E-state index is 0.154. The number of aryl methyl sites for hydroxylation is 1. The molecule has 0 atom stereocenters. The number of nitrogens with zero attached hydrogens (tertiary/aromatic N) is 2. The summed E-state index contributed by atoms with van der Waals surface area (Å²) in [5.41, 5.74) is 5.46. The van der Waals surface area contributed by atoms with Crippen LogP contribution >= 0.6 is 0 Å². The Balaban J connectivity index is 1.78. The standard InChI is InChI=1S/C22H27N3O2S/c1-3-28(26,27)14-13-23-15-21-17-25(16-19-7-5-4-6-8-19)24-22(21)20-11-9-18(2)10-12-20/h4-12,17,23H,3,13-16H2,1-2H3. The lowest BCUT2D eigenvalue weighted by molar-refractivity contribution is 0.592. The summed E-state index contributed by atoms with van der Waals surface area (Å²) in [6, 6.07) is 18.5. The Morgan fingerprint density at radius 3 is 2.43 bits per heavy atom. The predicted molar refractivity (Wildman–Crippen MR) is 114 cm³/mol. The topological polar surface area (TPSA) is 64.0 Å². The van der Waals surface area contributed by atoms with Crippen LogP contribution in [0.3, 0.4) is 0 Å². The fraction of sp³-hybridized carbons (Fsp3) is 0.318. The van der Waals surface area contributed by atoms with Gasteiger partial charge in [0.2, 0.25) is 0 Å². The van der Waals surface area contributed by atoms with Crippen LogP contribution in [0.1, 0.15) is 23.6 Å². The van der Waals surface area contributed by atoms with Crippen molar-refractivity contribution in [2.45, 2.75) is 26.9 Å². The van der Waals surface area contributed by atoms with E-state index in [2.05, 4.69) is 48.6 Å². The highest BCUT2D eigenvalue weighted by atomic mass is 32.2. The Morgan fingerprint density at radius 2 is 1.75 bits per heavy atom. The fourth-order valence-corrected chi connectivity index (χ4v) is 3.74. The summed E-state index contributed by atoms with van der Waals surface area (Å²) in [5.74, 6) is 0.333. The third-order valence-electron chi connectivity index (χ3n) is 4.69. The molecular formula is C22H27N3O2S. The quantitative estimate of drug-likeness (QED) is 0.562. The lowest BCUT2D eigenvalue weighted by Gasteiger charge is -2.06. The number of rotatable bonds is 9. The van der Waals surface area contributed by atoms with E-state index in [1.165, 1.54) is 11.1 Å². The first-order chi connectivity index (χ1) is 13.5. The minimum atomic E-state index is -2.96. The fourth-order valence-electron chi connectivity index (χ4n) is 2.99. The van der Waals surface area contributed by atoms with Crippen LogP contribution in [0.4, 0.5) is 0 Å². The molecule has 0 saturated carbocycles. The van der Waals surface area contributed by atoms with Crippen molar-refractivity contribution in [3.8, 4) is 11.3 Å². The monoisotopic (exact) mass is 397 g/mol. The molecule has 0 bridgehead atoms. The van der Waals surface area contributed by atoms with Gasteiger partial charge in [-0.3, -0.25) is 4.68 Å². The van der Waals surface area contributed by atoms with Crippen LogP contribution in [0.2, 0.25) is 0 Å². The Morgan fingerprint density at radius 1 is 1.04 bits per heavy atom. The average molecular weight is 398 g/mol. The van der Waals surface area contributed by atoms with Crippen LogP contribution in [0.25, 0.3) is 11.3 Å². The lowest BCUT2D eigenvalue weighted by Crippen LogP contribution is -2.23. The molecule has 3 aromatic rings. The molecule has 148 valence electrons. The maximum Gasteiger partial charge on any atom is 0.151 e. The van der Waals surface area contributed by atoms with Gasteiger partial charge >= 0.3 is 0 Å². The first kappa shape index (κ1) is 20.3. The maximum atomic E-state index is 11.7. The molecule has 1 aromatic heterocycles. The van der Waals surface area contributed by atoms with E-state index in [0.29, 0.717) is 19.6 Å². The normalized spacial score (nSPS) is 11.6. The van der Waals surface area contributed by atoms with E-state index in [4.69, 9.17) is 5.10 Å². The second-order valence-corrected chi connectivity index (χ2v) is 9.44. The largest absolute Gasteiger partial charge is 0.312 e. The highest BCUT2D eigenvalue weighted by molar-refractivity contribution is 7.91. The molecule has 1 N–H and O–H groups in total. The van der Waals surface area contributed by atoms with Gasteiger partial charge in [-0.2, -0.15) is 5.10 Å². The maximum absolute atomic E-state index is 11.7. The molecule has 0 saturated heterocycles. The smallest absolute Gasteiger partial charge is 0.151 e. The molecule has 0 unspecified atom stereocenters. The van der Waals surface area contributed by atoms with E-state index in [9.17, 15) is 8.42 Å². The Hall–Kier alpha value is -2.44. The van der Waals surface area contributed by atoms with E-state index in [1.54, 1.807) is 6.92 Å². The van der Waals surface area contributed by atoms with Gasteiger partial charge in [0, 0.05) is 36.2 Å². The molecule has 0 radical (unpaired) electrons. The van der Waals surface area contributed by atoms with Gasteiger partial charge in [0.05, 0.1) is 18.0 Å². The van der Waals surface area contributed by atoms with Crippen molar-refractivity contribution in [2.75, 3.05) is 18.1 Å². The highest BCUT2D eigenvalue weighted by Crippen LogP contribution is 2.23. The molecule has 28 heavy (non-hydrogen) atoms. The summed E-state index contributed by atoms with van der Waals surface area (Å²) in [4.78, 5) is 0. The molecule has 1 heterocycles. The highest BCUT2D eigenvalue weighted by Gasteiger charge is 2.12. The summed E-state index contributed by atoms with van der Waals surface area (Å²) < 4.78 is 25.3. The van der Waals surface area contributed by atoms with Gasteiger partial charge in [-0.1, -0.05) is 67.1 Å². The van der Waals surface area contributed by atoms with Crippen molar-refractivity contribution in [1.29, 1.82) is 0 Å². The number of sulfone groups is 1. The summed E-state index contributed by atoms with van der Waals surface area (Å²) in [6.07, 6.45) is 2.05. The SMILES string of the molecule is CCS(=O)(=O)CCNCc1cn(Cc2ccccc2)nc1-c1ccc(C)cc1. The number of aromatic nitrogens is 2. The first-order valence-corrected chi connectivity index (χ1v) is 11.4. The second-order valence-electron chi connectivity index (χ2n) is 6.97. The molecule has 0 spiro atoms. The number of hydrogen-bond acceptors (Lipinski definition) is 4. The lowest BCUT2D eigenvalue weighted by atomic mass is 10.1. The summed E-state index contributed by atoms with van der Waals surface area (Å²) in [6.45, 7) is 5.46. The molecule has 0 aliphatic carbocycles. The minimum Gasteiger partial charge on any atom is -0.312 e. The number of hydrogen-bond donors (Lipinski definition) is 1. The molecule has 6 heteroatoms. The molecule has 3 rings (SSSR count). The number of benzene rings is 2. The molecule has 0 aliphatic rings. The van der Waals surface area contributed by atoms with Gasteiger partial charge < -0.3 is 5.32 Å². The van der Waals surface area contributed by atoms with Gasteiger partial charge in [0.15, 0.2) is 9.84 Å². The van der Waals surface area contributed by atoms with Crippen molar-refractivity contribution in [2.24, 2.45) is 0 Å². The predicted octanol–water partition coefficient (Wildman–Crippen LogP) is 3.43. The zero-order valence-corrected chi connectivity index (χ0v) is 17.2. The summed E-state index contributed by atoms with van der Waals surface area (Å²) >= 11 is 0. The van der Waals surface area contributed by atoms with Gasteiger partial charge in [-0.25, -0.2) is 8.42 Å². The third-order valence-corrected chi connectivity index (χ3v) is 6.40. The van der Waals surface area contributed by atoms with E-state index in [-0.39, 0.29) is 11.5 Å². The molecule has 0 fully saturated rings. The Labute approximate surface area is 167 Å². The van der Waals surface area contributed by atoms with Gasteiger partial charge in [-0.05, 0) is 12.5 Å². The van der Waals surface area contributed by atoms with E-state index in [1.807, 2.05) is 29.1 Å². The van der Waals surface area contributed by atoms with Gasteiger partial charge in [-0.15, -0.1) is 0 Å². The number of nitrogens with one attached hydrogen (secondary N) is 1. The van der Waals surface area contributed by atoms with Crippen molar-refractivity contribution in [3.63, 3.8) is 0 Å². The van der Waals surface area contributed by atoms with Gasteiger partial charge in [0.25, 0.3) is 0 Å². The van der Waals surface area contributed by atoms with Crippen LogP contribution in [0, 0.1) is 6.92 Å². The van der Waals surface area contributed by atoms with E-state index in [0.717, 1.165) is 16.8 Å². The second kappa shape index (κ2) is 9.17. The molecule has 0 aliphatic heterocycles. The van der Waals surface area contributed by atoms with Crippen molar-refractivity contribution in [1.82, 2.24) is 15.1 Å². The van der Waals surface area contributed by atoms with Crippen molar-refractivity contribution >= 4 is 9.84 Å². The van der Waals surface area contributed by atoms with Crippen molar-refractivity contribution < 1.29 is 8.42 Å². The van der Waals surface area contributed by atoms with Crippen LogP contribution < -0.4 is 5.32 Å². The van der Waals surface area contributed by atoms with Crippen LogP contribution in [0.15, 0.2) is 60.8 Å². The Bertz CT molecular complexity index is 994. The first-order valence-electron chi connectivity index (χ1n) is 9.55.